The van der Waals surface area contributed by atoms with E-state index < -0.39 is 0 Å². The monoisotopic (exact) mass is 867 g/mol. The molecular formula is C46H48N4OPt. The third-order valence-electron chi connectivity index (χ3n) is 10.2. The molecule has 0 saturated heterocycles. The van der Waals surface area contributed by atoms with E-state index in [1.54, 1.807) is 0 Å². The predicted molar refractivity (Wildman–Crippen MR) is 211 cm³/mol. The summed E-state index contributed by atoms with van der Waals surface area (Å²) >= 11 is 0. The molecule has 0 spiro atoms. The summed E-state index contributed by atoms with van der Waals surface area (Å²) in [6.45, 7) is 17.9. The molecule has 3 heterocycles. The SMILES string of the molecule is CCCC(C)CC(C)c1ccc2c(c1)c1ccc(Oc3[c-]c(-n4nc(C)c(-c5ccccc5)c4C)ccc3)[c-]c1n2-c1cc(C(C)(C)C)ccn1.[Pt+2]. The fourth-order valence-corrected chi connectivity index (χ4v) is 7.54. The fraction of sp³-hybridized carbons (Fsp3) is 0.304. The molecule has 0 radical (unpaired) electrons. The second kappa shape index (κ2) is 15.2. The van der Waals surface area contributed by atoms with Gasteiger partial charge in [0.15, 0.2) is 0 Å². The van der Waals surface area contributed by atoms with Gasteiger partial charge in [-0.15, -0.1) is 35.7 Å². The average Bonchev–Trinajstić information content (AvgIpc) is 3.60. The second-order valence-corrected chi connectivity index (χ2v) is 15.2. The number of ether oxygens (including phenoxy) is 1. The largest absolute Gasteiger partial charge is 2.00 e. The van der Waals surface area contributed by atoms with Crippen LogP contribution in [0.3, 0.4) is 0 Å². The first-order chi connectivity index (χ1) is 24.5. The van der Waals surface area contributed by atoms with Crippen molar-refractivity contribution in [3.05, 3.63) is 132 Å². The number of pyridine rings is 1. The maximum Gasteiger partial charge on any atom is 2.00 e. The van der Waals surface area contributed by atoms with E-state index in [9.17, 15) is 0 Å². The van der Waals surface area contributed by atoms with Crippen molar-refractivity contribution in [2.75, 3.05) is 0 Å². The molecule has 0 aliphatic heterocycles. The van der Waals surface area contributed by atoms with Crippen molar-refractivity contribution in [3.63, 3.8) is 0 Å². The molecule has 6 heteroatoms. The number of aromatic nitrogens is 4. The van der Waals surface area contributed by atoms with Gasteiger partial charge in [-0.3, -0.25) is 4.68 Å². The molecule has 2 unspecified atom stereocenters. The van der Waals surface area contributed by atoms with E-state index in [1.165, 1.54) is 35.8 Å². The Morgan fingerprint density at radius 3 is 2.35 bits per heavy atom. The van der Waals surface area contributed by atoms with Gasteiger partial charge >= 0.3 is 21.1 Å². The van der Waals surface area contributed by atoms with Crippen LogP contribution in [0, 0.1) is 31.9 Å². The van der Waals surface area contributed by atoms with E-state index in [2.05, 4.69) is 133 Å². The van der Waals surface area contributed by atoms with Gasteiger partial charge in [-0.2, -0.15) is 17.2 Å². The third-order valence-corrected chi connectivity index (χ3v) is 10.2. The van der Waals surface area contributed by atoms with Gasteiger partial charge in [0.05, 0.1) is 5.69 Å². The standard InChI is InChI=1S/C46H48N4O.Pt/c1-9-14-30(2)25-31(3)35-19-22-42-41(26-35)40-21-20-39(29-43(40)49(42)44-27-36(23-24-47-44)46(6,7)8)51-38-18-13-17-37(28-38)50-33(5)45(32(4)48-50)34-15-11-10-12-16-34;/h10-13,15-24,26-27,30-31H,9,14,25H2,1-8H3;/q-2;+2. The molecule has 5 nitrogen and oxygen atoms in total. The van der Waals surface area contributed by atoms with Crippen molar-refractivity contribution >= 4 is 21.8 Å². The van der Waals surface area contributed by atoms with Crippen LogP contribution in [0.2, 0.25) is 0 Å². The number of hydrogen-bond acceptors (Lipinski definition) is 3. The summed E-state index contributed by atoms with van der Waals surface area (Å²) in [5.74, 6) is 3.26. The Labute approximate surface area is 323 Å². The van der Waals surface area contributed by atoms with Crippen molar-refractivity contribution in [2.24, 2.45) is 5.92 Å². The van der Waals surface area contributed by atoms with Crippen LogP contribution in [0.5, 0.6) is 11.5 Å². The Morgan fingerprint density at radius 2 is 1.60 bits per heavy atom. The molecule has 3 aromatic heterocycles. The summed E-state index contributed by atoms with van der Waals surface area (Å²) in [4.78, 5) is 4.90. The number of hydrogen-bond donors (Lipinski definition) is 0. The first kappa shape index (κ1) is 37.3. The van der Waals surface area contributed by atoms with E-state index in [4.69, 9.17) is 14.8 Å². The van der Waals surface area contributed by atoms with Gasteiger partial charge in [-0.25, -0.2) is 4.98 Å². The molecule has 0 aliphatic rings. The fourth-order valence-electron chi connectivity index (χ4n) is 7.54. The van der Waals surface area contributed by atoms with Crippen LogP contribution in [0.15, 0.2) is 97.2 Å². The summed E-state index contributed by atoms with van der Waals surface area (Å²) in [5.41, 5.74) is 9.78. The van der Waals surface area contributed by atoms with Gasteiger partial charge in [0.25, 0.3) is 0 Å². The van der Waals surface area contributed by atoms with Crippen molar-refractivity contribution in [2.45, 2.75) is 86.0 Å². The normalized spacial score (nSPS) is 12.9. The van der Waals surface area contributed by atoms with Gasteiger partial charge in [-0.1, -0.05) is 102 Å². The minimum Gasteiger partial charge on any atom is -0.509 e. The van der Waals surface area contributed by atoms with Gasteiger partial charge in [0.1, 0.15) is 5.82 Å². The molecule has 4 aromatic carbocycles. The Morgan fingerprint density at radius 1 is 0.827 bits per heavy atom. The maximum atomic E-state index is 6.52. The van der Waals surface area contributed by atoms with E-state index in [0.717, 1.165) is 50.4 Å². The van der Waals surface area contributed by atoms with Crippen molar-refractivity contribution in [1.29, 1.82) is 0 Å². The van der Waals surface area contributed by atoms with Crippen LogP contribution in [0.25, 0.3) is 44.4 Å². The number of fused-ring (bicyclic) bond motifs is 3. The third kappa shape index (κ3) is 7.39. The first-order valence-corrected chi connectivity index (χ1v) is 18.3. The first-order valence-electron chi connectivity index (χ1n) is 18.3. The number of nitrogens with zero attached hydrogens (tertiary/aromatic N) is 4. The zero-order chi connectivity index (χ0) is 35.9. The van der Waals surface area contributed by atoms with Gasteiger partial charge in [0.2, 0.25) is 0 Å². The number of aryl methyl sites for hydroxylation is 1. The van der Waals surface area contributed by atoms with E-state index >= 15 is 0 Å². The topological polar surface area (TPSA) is 44.9 Å². The Balaban J connectivity index is 0.00000464. The van der Waals surface area contributed by atoms with Gasteiger partial charge in [0, 0.05) is 34.5 Å². The number of rotatable bonds is 10. The molecule has 0 bridgehead atoms. The Kier molecular flexibility index (Phi) is 10.9. The number of benzene rings is 4. The summed E-state index contributed by atoms with van der Waals surface area (Å²) in [6.07, 6.45) is 5.58. The quantitative estimate of drug-likeness (QED) is 0.129. The van der Waals surface area contributed by atoms with Crippen molar-refractivity contribution in [3.8, 4) is 34.1 Å². The van der Waals surface area contributed by atoms with Crippen LogP contribution < -0.4 is 4.74 Å². The molecule has 7 rings (SSSR count). The Hall–Kier alpha value is -4.47. The second-order valence-electron chi connectivity index (χ2n) is 15.2. The van der Waals surface area contributed by atoms with Crippen LogP contribution >= 0.6 is 0 Å². The summed E-state index contributed by atoms with van der Waals surface area (Å²) < 4.78 is 10.7. The van der Waals surface area contributed by atoms with Crippen LogP contribution in [0.4, 0.5) is 0 Å². The minimum absolute atomic E-state index is 0. The Bertz CT molecular complexity index is 2330. The summed E-state index contributed by atoms with van der Waals surface area (Å²) in [6, 6.07) is 38.9. The van der Waals surface area contributed by atoms with E-state index in [-0.39, 0.29) is 26.5 Å². The molecule has 52 heavy (non-hydrogen) atoms. The average molecular weight is 868 g/mol. The molecule has 2 atom stereocenters. The molecule has 7 aromatic rings. The van der Waals surface area contributed by atoms with Gasteiger partial charge in [-0.05, 0) is 83.5 Å². The molecule has 268 valence electrons. The van der Waals surface area contributed by atoms with Crippen molar-refractivity contribution < 1.29 is 25.8 Å². The molecular weight excluding hydrogens is 820 g/mol. The molecule has 0 saturated carbocycles. The van der Waals surface area contributed by atoms with E-state index in [0.29, 0.717) is 23.3 Å². The van der Waals surface area contributed by atoms with Crippen LogP contribution in [-0.4, -0.2) is 19.3 Å². The zero-order valence-electron chi connectivity index (χ0n) is 31.5. The predicted octanol–water partition coefficient (Wildman–Crippen LogP) is 12.3. The smallest absolute Gasteiger partial charge is 0.509 e. The summed E-state index contributed by atoms with van der Waals surface area (Å²) in [7, 11) is 0. The molecule has 0 fully saturated rings. The van der Waals surface area contributed by atoms with Crippen LogP contribution in [-0.2, 0) is 26.5 Å². The maximum absolute atomic E-state index is 6.52. The van der Waals surface area contributed by atoms with Crippen molar-refractivity contribution in [1.82, 2.24) is 19.3 Å². The van der Waals surface area contributed by atoms with Gasteiger partial charge < -0.3 is 9.30 Å². The van der Waals surface area contributed by atoms with Crippen LogP contribution in [0.1, 0.15) is 89.2 Å². The molecule has 0 amide bonds. The molecule has 0 N–H and O–H groups in total. The minimum atomic E-state index is -0.0135. The van der Waals surface area contributed by atoms with E-state index in [1.807, 2.05) is 41.2 Å². The zero-order valence-corrected chi connectivity index (χ0v) is 33.8. The molecule has 0 aliphatic carbocycles. The summed E-state index contributed by atoms with van der Waals surface area (Å²) in [5, 5.41) is 7.23.